The van der Waals surface area contributed by atoms with E-state index >= 15 is 0 Å². The standard InChI is InChI=1S/C15H19N3O3/c1-10(14(19)17-7-3-2-4-8-17)18-12-9-11(16)5-6-13(12)21-15(18)20/h5-6,9-10H,2-4,7-8,16H2,1H3. The number of nitrogen functional groups attached to an aromatic ring is 1. The van der Waals surface area contributed by atoms with Crippen LogP contribution < -0.4 is 11.5 Å². The molecule has 1 saturated heterocycles. The van der Waals surface area contributed by atoms with Gasteiger partial charge in [-0.25, -0.2) is 4.79 Å². The number of hydrogen-bond acceptors (Lipinski definition) is 4. The molecule has 0 aliphatic carbocycles. The van der Waals surface area contributed by atoms with E-state index in [1.807, 2.05) is 4.90 Å². The van der Waals surface area contributed by atoms with Crippen LogP contribution in [0.2, 0.25) is 0 Å². The van der Waals surface area contributed by atoms with E-state index in [0.29, 0.717) is 16.8 Å². The van der Waals surface area contributed by atoms with Gasteiger partial charge in [0.05, 0.1) is 5.52 Å². The quantitative estimate of drug-likeness (QED) is 0.854. The maximum Gasteiger partial charge on any atom is 0.420 e. The van der Waals surface area contributed by atoms with Crippen molar-refractivity contribution in [2.24, 2.45) is 0 Å². The highest BCUT2D eigenvalue weighted by atomic mass is 16.4. The second-order valence-corrected chi connectivity index (χ2v) is 5.53. The fourth-order valence-corrected chi connectivity index (χ4v) is 2.91. The van der Waals surface area contributed by atoms with Crippen LogP contribution in [0.1, 0.15) is 32.2 Å². The summed E-state index contributed by atoms with van der Waals surface area (Å²) in [5.74, 6) is -0.560. The lowest BCUT2D eigenvalue weighted by molar-refractivity contribution is -0.135. The Balaban J connectivity index is 1.98. The topological polar surface area (TPSA) is 81.5 Å². The zero-order valence-corrected chi connectivity index (χ0v) is 12.0. The maximum atomic E-state index is 12.6. The van der Waals surface area contributed by atoms with Crippen LogP contribution in [-0.2, 0) is 4.79 Å². The van der Waals surface area contributed by atoms with E-state index in [0.717, 1.165) is 32.4 Å². The predicted molar refractivity (Wildman–Crippen MR) is 80.0 cm³/mol. The lowest BCUT2D eigenvalue weighted by Crippen LogP contribution is -2.41. The Labute approximate surface area is 122 Å². The number of carbonyl (C=O) groups excluding carboxylic acids is 1. The third-order valence-electron chi connectivity index (χ3n) is 4.05. The van der Waals surface area contributed by atoms with Crippen LogP contribution in [0.25, 0.3) is 11.1 Å². The number of nitrogens with two attached hydrogens (primary N) is 1. The number of rotatable bonds is 2. The van der Waals surface area contributed by atoms with E-state index in [-0.39, 0.29) is 5.91 Å². The Hall–Kier alpha value is -2.24. The monoisotopic (exact) mass is 289 g/mol. The first kappa shape index (κ1) is 13.7. The maximum absolute atomic E-state index is 12.6. The molecule has 1 atom stereocenters. The van der Waals surface area contributed by atoms with Gasteiger partial charge in [0, 0.05) is 18.8 Å². The Morgan fingerprint density at radius 1 is 1.29 bits per heavy atom. The second-order valence-electron chi connectivity index (χ2n) is 5.53. The molecule has 2 N–H and O–H groups in total. The molecule has 6 nitrogen and oxygen atoms in total. The summed E-state index contributed by atoms with van der Waals surface area (Å²) in [6.45, 7) is 3.25. The molecule has 0 saturated carbocycles. The normalized spacial score (nSPS) is 17.1. The van der Waals surface area contributed by atoms with Crippen LogP contribution in [0.4, 0.5) is 5.69 Å². The summed E-state index contributed by atoms with van der Waals surface area (Å²) in [6.07, 6.45) is 3.20. The van der Waals surface area contributed by atoms with Crippen molar-refractivity contribution in [3.8, 4) is 0 Å². The molecule has 1 aromatic heterocycles. The molecule has 112 valence electrons. The Morgan fingerprint density at radius 3 is 2.71 bits per heavy atom. The molecule has 1 unspecified atom stereocenters. The van der Waals surface area contributed by atoms with Gasteiger partial charge in [0.1, 0.15) is 6.04 Å². The van der Waals surface area contributed by atoms with Crippen LogP contribution in [0.15, 0.2) is 27.4 Å². The average molecular weight is 289 g/mol. The van der Waals surface area contributed by atoms with Crippen molar-refractivity contribution < 1.29 is 9.21 Å². The van der Waals surface area contributed by atoms with Gasteiger partial charge in [0.2, 0.25) is 5.91 Å². The second kappa shape index (κ2) is 5.27. The number of carbonyl (C=O) groups is 1. The molecule has 0 radical (unpaired) electrons. The number of aromatic nitrogens is 1. The van der Waals surface area contributed by atoms with Crippen molar-refractivity contribution in [1.29, 1.82) is 0 Å². The number of hydrogen-bond donors (Lipinski definition) is 1. The van der Waals surface area contributed by atoms with Gasteiger partial charge in [-0.15, -0.1) is 0 Å². The van der Waals surface area contributed by atoms with Gasteiger partial charge >= 0.3 is 5.76 Å². The lowest BCUT2D eigenvalue weighted by Gasteiger charge is -2.29. The fraction of sp³-hybridized carbons (Fsp3) is 0.467. The highest BCUT2D eigenvalue weighted by molar-refractivity contribution is 5.84. The van der Waals surface area contributed by atoms with Crippen LogP contribution in [-0.4, -0.2) is 28.5 Å². The van der Waals surface area contributed by atoms with Crippen LogP contribution >= 0.6 is 0 Å². The van der Waals surface area contributed by atoms with Crippen molar-refractivity contribution in [2.45, 2.75) is 32.2 Å². The van der Waals surface area contributed by atoms with E-state index in [4.69, 9.17) is 10.2 Å². The average Bonchev–Trinajstić information content (AvgIpc) is 2.82. The predicted octanol–water partition coefficient (Wildman–Crippen LogP) is 1.75. The van der Waals surface area contributed by atoms with E-state index in [2.05, 4.69) is 0 Å². The lowest BCUT2D eigenvalue weighted by atomic mass is 10.1. The molecule has 1 amide bonds. The Morgan fingerprint density at radius 2 is 2.00 bits per heavy atom. The van der Waals surface area contributed by atoms with Gasteiger partial charge in [-0.1, -0.05) is 0 Å². The first-order valence-electron chi connectivity index (χ1n) is 7.27. The molecule has 1 aliphatic heterocycles. The summed E-state index contributed by atoms with van der Waals surface area (Å²) in [6, 6.07) is 4.41. The van der Waals surface area contributed by atoms with Gasteiger partial charge < -0.3 is 15.1 Å². The van der Waals surface area contributed by atoms with Crippen molar-refractivity contribution in [2.75, 3.05) is 18.8 Å². The van der Waals surface area contributed by atoms with Crippen molar-refractivity contribution in [3.05, 3.63) is 28.7 Å². The molecule has 2 heterocycles. The van der Waals surface area contributed by atoms with Crippen LogP contribution in [0, 0.1) is 0 Å². The van der Waals surface area contributed by atoms with Crippen molar-refractivity contribution in [1.82, 2.24) is 9.47 Å². The summed E-state index contributed by atoms with van der Waals surface area (Å²) in [4.78, 5) is 26.5. The number of amides is 1. The molecule has 0 bridgehead atoms. The molecule has 21 heavy (non-hydrogen) atoms. The van der Waals surface area contributed by atoms with E-state index in [9.17, 15) is 9.59 Å². The fourth-order valence-electron chi connectivity index (χ4n) is 2.91. The smallest absolute Gasteiger partial charge is 0.408 e. The molecule has 1 fully saturated rings. The number of likely N-dealkylation sites (tertiary alicyclic amines) is 1. The molecule has 6 heteroatoms. The van der Waals surface area contributed by atoms with Crippen LogP contribution in [0.5, 0.6) is 0 Å². The molecular formula is C15H19N3O3. The third-order valence-corrected chi connectivity index (χ3v) is 4.05. The van der Waals surface area contributed by atoms with E-state index in [1.54, 1.807) is 25.1 Å². The van der Waals surface area contributed by atoms with E-state index in [1.165, 1.54) is 4.57 Å². The number of oxazole rings is 1. The number of nitrogens with zero attached hydrogens (tertiary/aromatic N) is 2. The Bertz CT molecular complexity index is 725. The van der Waals surface area contributed by atoms with Crippen molar-refractivity contribution in [3.63, 3.8) is 0 Å². The molecular weight excluding hydrogens is 270 g/mol. The highest BCUT2D eigenvalue weighted by Crippen LogP contribution is 2.22. The number of fused-ring (bicyclic) bond motifs is 1. The zero-order chi connectivity index (χ0) is 15.0. The molecule has 3 rings (SSSR count). The molecule has 0 spiro atoms. The summed E-state index contributed by atoms with van der Waals surface area (Å²) in [5.41, 5.74) is 7.32. The van der Waals surface area contributed by atoms with E-state index < -0.39 is 11.8 Å². The first-order chi connectivity index (χ1) is 10.1. The molecule has 1 aliphatic rings. The van der Waals surface area contributed by atoms with Gasteiger partial charge in [-0.3, -0.25) is 9.36 Å². The number of piperidine rings is 1. The minimum absolute atomic E-state index is 0.0399. The summed E-state index contributed by atoms with van der Waals surface area (Å²) in [5, 5.41) is 0. The number of benzene rings is 1. The molecule has 2 aromatic rings. The summed E-state index contributed by atoms with van der Waals surface area (Å²) in [7, 11) is 0. The first-order valence-corrected chi connectivity index (χ1v) is 7.27. The van der Waals surface area contributed by atoms with Crippen LogP contribution in [0.3, 0.4) is 0 Å². The summed E-state index contributed by atoms with van der Waals surface area (Å²) >= 11 is 0. The largest absolute Gasteiger partial charge is 0.420 e. The molecule has 1 aromatic carbocycles. The highest BCUT2D eigenvalue weighted by Gasteiger charge is 2.26. The third kappa shape index (κ3) is 2.41. The number of anilines is 1. The van der Waals surface area contributed by atoms with Gasteiger partial charge in [-0.05, 0) is 44.4 Å². The zero-order valence-electron chi connectivity index (χ0n) is 12.0. The van der Waals surface area contributed by atoms with Crippen molar-refractivity contribution >= 4 is 22.7 Å². The summed E-state index contributed by atoms with van der Waals surface area (Å²) < 4.78 is 6.59. The van der Waals surface area contributed by atoms with Gasteiger partial charge in [0.15, 0.2) is 5.58 Å². The van der Waals surface area contributed by atoms with Gasteiger partial charge in [-0.2, -0.15) is 0 Å². The SMILES string of the molecule is CC(C(=O)N1CCCCC1)n1c(=O)oc2ccc(N)cc21. The minimum Gasteiger partial charge on any atom is -0.408 e. The van der Waals surface area contributed by atoms with Gasteiger partial charge in [0.25, 0.3) is 0 Å². The Kier molecular flexibility index (Phi) is 3.45. The minimum atomic E-state index is -0.585.